The number of thiazole rings is 1. The van der Waals surface area contributed by atoms with Crippen LogP contribution in [0.3, 0.4) is 0 Å². The van der Waals surface area contributed by atoms with E-state index in [1.807, 2.05) is 35.0 Å². The maximum atomic E-state index is 11.2. The first kappa shape index (κ1) is 13.2. The third kappa shape index (κ3) is 2.21. The summed E-state index contributed by atoms with van der Waals surface area (Å²) in [4.78, 5) is 16.8. The van der Waals surface area contributed by atoms with Gasteiger partial charge in [-0.3, -0.25) is 4.79 Å². The SMILES string of the molecule is CC(=O)Nc1nc2c(s1)-c1nn(-c3ccccc3)cc1CC2. The number of para-hydroxylation sites is 1. The Morgan fingerprint density at radius 2 is 2.09 bits per heavy atom. The molecule has 0 saturated carbocycles. The summed E-state index contributed by atoms with van der Waals surface area (Å²) < 4.78 is 1.91. The average Bonchev–Trinajstić information content (AvgIpc) is 3.10. The Morgan fingerprint density at radius 1 is 1.27 bits per heavy atom. The van der Waals surface area contributed by atoms with Crippen LogP contribution in [0.15, 0.2) is 36.5 Å². The highest BCUT2D eigenvalue weighted by atomic mass is 32.1. The lowest BCUT2D eigenvalue weighted by Crippen LogP contribution is -2.05. The zero-order chi connectivity index (χ0) is 15.1. The van der Waals surface area contributed by atoms with E-state index in [-0.39, 0.29) is 5.91 Å². The van der Waals surface area contributed by atoms with Crippen molar-refractivity contribution in [2.45, 2.75) is 19.8 Å². The van der Waals surface area contributed by atoms with E-state index < -0.39 is 0 Å². The molecule has 2 aromatic heterocycles. The van der Waals surface area contributed by atoms with Crippen LogP contribution in [-0.4, -0.2) is 20.7 Å². The molecule has 1 aliphatic carbocycles. The van der Waals surface area contributed by atoms with Gasteiger partial charge in [0.15, 0.2) is 5.13 Å². The van der Waals surface area contributed by atoms with E-state index in [1.165, 1.54) is 23.8 Å². The number of benzene rings is 1. The highest BCUT2D eigenvalue weighted by molar-refractivity contribution is 7.19. The number of fused-ring (bicyclic) bond motifs is 3. The van der Waals surface area contributed by atoms with Crippen LogP contribution in [0.1, 0.15) is 18.2 Å². The van der Waals surface area contributed by atoms with Crippen LogP contribution in [-0.2, 0) is 17.6 Å². The normalized spacial score (nSPS) is 12.6. The number of aromatic nitrogens is 3. The lowest BCUT2D eigenvalue weighted by atomic mass is 10.0. The molecule has 110 valence electrons. The Kier molecular flexibility index (Phi) is 3.04. The van der Waals surface area contributed by atoms with Crippen molar-refractivity contribution in [2.75, 3.05) is 5.32 Å². The molecule has 1 N–H and O–H groups in total. The van der Waals surface area contributed by atoms with Gasteiger partial charge in [-0.15, -0.1) is 0 Å². The fraction of sp³-hybridized carbons (Fsp3) is 0.188. The Balaban J connectivity index is 1.77. The first-order valence-corrected chi connectivity index (χ1v) is 7.94. The first-order valence-electron chi connectivity index (χ1n) is 7.12. The van der Waals surface area contributed by atoms with E-state index in [2.05, 4.69) is 16.5 Å². The first-order chi connectivity index (χ1) is 10.7. The quantitative estimate of drug-likeness (QED) is 0.791. The summed E-state index contributed by atoms with van der Waals surface area (Å²) in [6, 6.07) is 10.1. The van der Waals surface area contributed by atoms with E-state index in [0.717, 1.165) is 34.8 Å². The number of rotatable bonds is 2. The Hall–Kier alpha value is -2.47. The third-order valence-corrected chi connectivity index (χ3v) is 4.66. The minimum Gasteiger partial charge on any atom is -0.302 e. The van der Waals surface area contributed by atoms with Gasteiger partial charge in [0.05, 0.1) is 16.3 Å². The second-order valence-electron chi connectivity index (χ2n) is 5.26. The van der Waals surface area contributed by atoms with Gasteiger partial charge in [-0.1, -0.05) is 29.5 Å². The molecule has 0 spiro atoms. The van der Waals surface area contributed by atoms with Gasteiger partial charge in [-0.2, -0.15) is 5.10 Å². The average molecular weight is 310 g/mol. The van der Waals surface area contributed by atoms with E-state index >= 15 is 0 Å². The van der Waals surface area contributed by atoms with Crippen molar-refractivity contribution in [2.24, 2.45) is 0 Å². The number of nitrogens with zero attached hydrogens (tertiary/aromatic N) is 3. The van der Waals surface area contributed by atoms with Crippen molar-refractivity contribution >= 4 is 22.4 Å². The van der Waals surface area contributed by atoms with Gasteiger partial charge in [0.1, 0.15) is 5.69 Å². The highest BCUT2D eigenvalue weighted by Crippen LogP contribution is 2.38. The highest BCUT2D eigenvalue weighted by Gasteiger charge is 2.24. The van der Waals surface area contributed by atoms with Gasteiger partial charge < -0.3 is 5.32 Å². The predicted octanol–water partition coefficient (Wildman–Crippen LogP) is 3.05. The number of hydrogen-bond acceptors (Lipinski definition) is 4. The van der Waals surface area contributed by atoms with Gasteiger partial charge in [0.25, 0.3) is 0 Å². The standard InChI is InChI=1S/C16H14N4OS/c1-10(21)17-16-18-13-8-7-11-9-20(12-5-3-2-4-6-12)19-14(11)15(13)22-16/h2-6,9H,7-8H2,1H3,(H,17,18,21). The molecule has 0 atom stereocenters. The molecule has 3 aromatic rings. The summed E-state index contributed by atoms with van der Waals surface area (Å²) >= 11 is 1.50. The molecular weight excluding hydrogens is 296 g/mol. The Morgan fingerprint density at radius 3 is 2.86 bits per heavy atom. The lowest BCUT2D eigenvalue weighted by molar-refractivity contribution is -0.114. The number of anilines is 1. The summed E-state index contributed by atoms with van der Waals surface area (Å²) in [5, 5.41) is 8.15. The second-order valence-corrected chi connectivity index (χ2v) is 6.26. The number of aryl methyl sites for hydroxylation is 2. The van der Waals surface area contributed by atoms with Crippen molar-refractivity contribution < 1.29 is 4.79 Å². The predicted molar refractivity (Wildman–Crippen MR) is 86.4 cm³/mol. The van der Waals surface area contributed by atoms with E-state index in [4.69, 9.17) is 5.10 Å². The summed E-state index contributed by atoms with van der Waals surface area (Å²) in [6.07, 6.45) is 3.91. The number of carbonyl (C=O) groups excluding carboxylic acids is 1. The van der Waals surface area contributed by atoms with E-state index in [1.54, 1.807) is 0 Å². The molecule has 0 bridgehead atoms. The fourth-order valence-electron chi connectivity index (χ4n) is 2.66. The van der Waals surface area contributed by atoms with Crippen molar-refractivity contribution in [3.63, 3.8) is 0 Å². The van der Waals surface area contributed by atoms with Crippen LogP contribution in [0, 0.1) is 0 Å². The van der Waals surface area contributed by atoms with Gasteiger partial charge in [0, 0.05) is 13.1 Å². The molecule has 1 aliphatic rings. The van der Waals surface area contributed by atoms with Crippen molar-refractivity contribution in [1.29, 1.82) is 0 Å². The molecule has 0 fully saturated rings. The Labute approximate surface area is 131 Å². The van der Waals surface area contributed by atoms with E-state index in [0.29, 0.717) is 5.13 Å². The molecule has 5 nitrogen and oxygen atoms in total. The third-order valence-electron chi connectivity index (χ3n) is 3.64. The topological polar surface area (TPSA) is 59.8 Å². The number of carbonyl (C=O) groups is 1. The molecule has 0 aliphatic heterocycles. The molecule has 0 saturated heterocycles. The van der Waals surface area contributed by atoms with Gasteiger partial charge in [0.2, 0.25) is 5.91 Å². The smallest absolute Gasteiger partial charge is 0.223 e. The molecule has 1 aromatic carbocycles. The fourth-order valence-corrected chi connectivity index (χ4v) is 3.74. The van der Waals surface area contributed by atoms with Crippen molar-refractivity contribution in [3.05, 3.63) is 47.8 Å². The van der Waals surface area contributed by atoms with Crippen LogP contribution < -0.4 is 5.32 Å². The van der Waals surface area contributed by atoms with Crippen molar-refractivity contribution in [3.8, 4) is 16.3 Å². The molecule has 1 amide bonds. The molecule has 2 heterocycles. The summed E-state index contributed by atoms with van der Waals surface area (Å²) in [5.41, 5.74) is 4.29. The van der Waals surface area contributed by atoms with Crippen LogP contribution in [0.5, 0.6) is 0 Å². The molecule has 0 unspecified atom stereocenters. The van der Waals surface area contributed by atoms with Crippen LogP contribution in [0.2, 0.25) is 0 Å². The number of hydrogen-bond donors (Lipinski definition) is 1. The minimum absolute atomic E-state index is 0.0962. The maximum Gasteiger partial charge on any atom is 0.223 e. The van der Waals surface area contributed by atoms with Crippen LogP contribution in [0.25, 0.3) is 16.3 Å². The van der Waals surface area contributed by atoms with Gasteiger partial charge in [-0.05, 0) is 30.5 Å². The molecular formula is C16H14N4OS. The second kappa shape index (κ2) is 5.06. The number of amides is 1. The molecule has 0 radical (unpaired) electrons. The zero-order valence-corrected chi connectivity index (χ0v) is 12.9. The van der Waals surface area contributed by atoms with Crippen LogP contribution >= 0.6 is 11.3 Å². The lowest BCUT2D eigenvalue weighted by Gasteiger charge is -2.07. The largest absolute Gasteiger partial charge is 0.302 e. The van der Waals surface area contributed by atoms with Crippen molar-refractivity contribution in [1.82, 2.24) is 14.8 Å². The zero-order valence-electron chi connectivity index (χ0n) is 12.0. The van der Waals surface area contributed by atoms with Gasteiger partial charge >= 0.3 is 0 Å². The number of nitrogens with one attached hydrogen (secondary N) is 1. The minimum atomic E-state index is -0.0962. The monoisotopic (exact) mass is 310 g/mol. The van der Waals surface area contributed by atoms with Gasteiger partial charge in [-0.25, -0.2) is 9.67 Å². The molecule has 6 heteroatoms. The summed E-state index contributed by atoms with van der Waals surface area (Å²) in [6.45, 7) is 1.50. The van der Waals surface area contributed by atoms with Crippen LogP contribution in [0.4, 0.5) is 5.13 Å². The van der Waals surface area contributed by atoms with E-state index in [9.17, 15) is 4.79 Å². The Bertz CT molecular complexity index is 850. The molecule has 4 rings (SSSR count). The molecule has 22 heavy (non-hydrogen) atoms. The summed E-state index contributed by atoms with van der Waals surface area (Å²) in [7, 11) is 0. The maximum absolute atomic E-state index is 11.2. The summed E-state index contributed by atoms with van der Waals surface area (Å²) in [5.74, 6) is -0.0962.